The van der Waals surface area contributed by atoms with Crippen LogP contribution in [-0.2, 0) is 6.42 Å². The Kier molecular flexibility index (Phi) is 4.41. The molecule has 0 saturated carbocycles. The highest BCUT2D eigenvalue weighted by Gasteiger charge is 1.99. The van der Waals surface area contributed by atoms with E-state index in [9.17, 15) is 0 Å². The average molecular weight is 189 g/mol. The van der Waals surface area contributed by atoms with Crippen molar-refractivity contribution in [1.29, 1.82) is 0 Å². The molecular weight excluding hydrogens is 170 g/mol. The van der Waals surface area contributed by atoms with Gasteiger partial charge >= 0.3 is 0 Å². The quantitative estimate of drug-likeness (QED) is 0.702. The minimum Gasteiger partial charge on any atom is -0.319 e. The molecule has 14 heavy (non-hydrogen) atoms. The maximum atomic E-state index is 4.09. The van der Waals surface area contributed by atoms with Gasteiger partial charge in [0.2, 0.25) is 0 Å². The minimum absolute atomic E-state index is 1.01. The summed E-state index contributed by atoms with van der Waals surface area (Å²) >= 11 is 0. The van der Waals surface area contributed by atoms with Gasteiger partial charge in [0.1, 0.15) is 0 Å². The summed E-state index contributed by atoms with van der Waals surface area (Å²) in [5, 5.41) is 3.14. The van der Waals surface area contributed by atoms with Crippen molar-refractivity contribution in [3.8, 4) is 0 Å². The van der Waals surface area contributed by atoms with Crippen LogP contribution in [0.25, 0.3) is 0 Å². The topological polar surface area (TPSA) is 12.0 Å². The summed E-state index contributed by atoms with van der Waals surface area (Å²) in [6.45, 7) is 7.26. The van der Waals surface area contributed by atoms with Crippen LogP contribution in [-0.4, -0.2) is 13.6 Å². The first-order valence-corrected chi connectivity index (χ1v) is 5.10. The van der Waals surface area contributed by atoms with E-state index < -0.39 is 0 Å². The first-order chi connectivity index (χ1) is 6.74. The van der Waals surface area contributed by atoms with E-state index in [-0.39, 0.29) is 0 Å². The van der Waals surface area contributed by atoms with Gasteiger partial charge in [-0.2, -0.15) is 0 Å². The van der Waals surface area contributed by atoms with Crippen molar-refractivity contribution in [3.63, 3.8) is 0 Å². The van der Waals surface area contributed by atoms with Crippen LogP contribution in [0.4, 0.5) is 0 Å². The molecular formula is C13H19N. The summed E-state index contributed by atoms with van der Waals surface area (Å²) in [7, 11) is 1.97. The van der Waals surface area contributed by atoms with Gasteiger partial charge in [0, 0.05) is 0 Å². The summed E-state index contributed by atoms with van der Waals surface area (Å²) in [5.74, 6) is 0. The Balaban J connectivity index is 2.52. The predicted octanol–water partition coefficient (Wildman–Crippen LogP) is 2.70. The zero-order chi connectivity index (χ0) is 10.4. The van der Waals surface area contributed by atoms with Crippen molar-refractivity contribution in [1.82, 2.24) is 5.32 Å². The first kappa shape index (κ1) is 11.0. The second-order valence-electron chi connectivity index (χ2n) is 3.71. The third-order valence-corrected chi connectivity index (χ3v) is 2.43. The molecule has 0 bridgehead atoms. The molecule has 0 aliphatic rings. The summed E-state index contributed by atoms with van der Waals surface area (Å²) in [5.41, 5.74) is 4.06. The molecule has 0 unspecified atom stereocenters. The molecule has 0 heterocycles. The van der Waals surface area contributed by atoms with Crippen molar-refractivity contribution in [2.24, 2.45) is 0 Å². The fourth-order valence-corrected chi connectivity index (χ4v) is 1.47. The average Bonchev–Trinajstić information content (AvgIpc) is 2.18. The van der Waals surface area contributed by atoms with Gasteiger partial charge in [-0.25, -0.2) is 0 Å². The van der Waals surface area contributed by atoms with E-state index in [2.05, 4.69) is 43.1 Å². The Bertz CT molecular complexity index is 302. The number of nitrogens with one attached hydrogen (secondary N) is 1. The first-order valence-electron chi connectivity index (χ1n) is 5.10. The van der Waals surface area contributed by atoms with Gasteiger partial charge in [0.05, 0.1) is 0 Å². The van der Waals surface area contributed by atoms with Crippen LogP contribution >= 0.6 is 0 Å². The molecule has 76 valence electrons. The van der Waals surface area contributed by atoms with Crippen LogP contribution in [0, 0.1) is 6.92 Å². The lowest BCUT2D eigenvalue weighted by Gasteiger charge is -2.07. The third-order valence-electron chi connectivity index (χ3n) is 2.43. The minimum atomic E-state index is 1.01. The second-order valence-corrected chi connectivity index (χ2v) is 3.71. The van der Waals surface area contributed by atoms with Gasteiger partial charge in [-0.3, -0.25) is 0 Å². The van der Waals surface area contributed by atoms with E-state index in [0.29, 0.717) is 0 Å². The highest BCUT2D eigenvalue weighted by molar-refractivity contribution is 5.29. The molecule has 0 radical (unpaired) electrons. The van der Waals surface area contributed by atoms with E-state index in [0.717, 1.165) is 19.4 Å². The molecule has 0 spiro atoms. The predicted molar refractivity (Wildman–Crippen MR) is 62.6 cm³/mol. The Labute approximate surface area is 86.8 Å². The molecule has 0 aliphatic carbocycles. The highest BCUT2D eigenvalue weighted by atomic mass is 14.8. The molecule has 0 aliphatic heterocycles. The summed E-state index contributed by atoms with van der Waals surface area (Å²) < 4.78 is 0. The molecule has 0 fully saturated rings. The van der Waals surface area contributed by atoms with Crippen molar-refractivity contribution < 1.29 is 0 Å². The lowest BCUT2D eigenvalue weighted by molar-refractivity contribution is 0.773. The summed E-state index contributed by atoms with van der Waals surface area (Å²) in [6, 6.07) is 8.50. The molecule has 1 aromatic rings. The Morgan fingerprint density at radius 2 is 2.07 bits per heavy atom. The van der Waals surface area contributed by atoms with Gasteiger partial charge in [-0.1, -0.05) is 36.4 Å². The normalized spacial score (nSPS) is 10.1. The number of benzene rings is 1. The molecule has 0 aromatic heterocycles. The molecule has 1 heteroatoms. The zero-order valence-electron chi connectivity index (χ0n) is 9.14. The van der Waals surface area contributed by atoms with Crippen LogP contribution in [0.3, 0.4) is 0 Å². The molecule has 1 nitrogen and oxygen atoms in total. The number of hydrogen-bond acceptors (Lipinski definition) is 1. The van der Waals surface area contributed by atoms with E-state index in [1.165, 1.54) is 16.7 Å². The Morgan fingerprint density at radius 1 is 1.36 bits per heavy atom. The molecule has 1 aromatic carbocycles. The molecule has 0 saturated heterocycles. The third kappa shape index (κ3) is 3.35. The SMILES string of the molecule is C=C(CCNC)Cc1ccccc1C. The molecule has 0 amide bonds. The van der Waals surface area contributed by atoms with Crippen molar-refractivity contribution in [3.05, 3.63) is 47.5 Å². The van der Waals surface area contributed by atoms with Crippen LogP contribution in [0.2, 0.25) is 0 Å². The largest absolute Gasteiger partial charge is 0.319 e. The number of hydrogen-bond donors (Lipinski definition) is 1. The number of aryl methyl sites for hydroxylation is 1. The monoisotopic (exact) mass is 189 g/mol. The van der Waals surface area contributed by atoms with Crippen molar-refractivity contribution in [2.75, 3.05) is 13.6 Å². The van der Waals surface area contributed by atoms with Crippen LogP contribution in [0.15, 0.2) is 36.4 Å². The number of rotatable bonds is 5. The Morgan fingerprint density at radius 3 is 2.71 bits per heavy atom. The Hall–Kier alpha value is -1.08. The maximum absolute atomic E-state index is 4.09. The fourth-order valence-electron chi connectivity index (χ4n) is 1.47. The van der Waals surface area contributed by atoms with Gasteiger partial charge < -0.3 is 5.32 Å². The van der Waals surface area contributed by atoms with E-state index in [1.54, 1.807) is 0 Å². The van der Waals surface area contributed by atoms with Crippen LogP contribution < -0.4 is 5.32 Å². The van der Waals surface area contributed by atoms with Crippen LogP contribution in [0.5, 0.6) is 0 Å². The van der Waals surface area contributed by atoms with Gasteiger partial charge in [0.25, 0.3) is 0 Å². The van der Waals surface area contributed by atoms with E-state index >= 15 is 0 Å². The maximum Gasteiger partial charge on any atom is -0.00146 e. The van der Waals surface area contributed by atoms with Gasteiger partial charge in [-0.05, 0) is 44.5 Å². The van der Waals surface area contributed by atoms with Gasteiger partial charge in [0.15, 0.2) is 0 Å². The smallest absolute Gasteiger partial charge is 0.00146 e. The van der Waals surface area contributed by atoms with Crippen LogP contribution in [0.1, 0.15) is 17.5 Å². The highest BCUT2D eigenvalue weighted by Crippen LogP contribution is 2.13. The fraction of sp³-hybridized carbons (Fsp3) is 0.385. The lowest BCUT2D eigenvalue weighted by atomic mass is 10.00. The molecule has 1 N–H and O–H groups in total. The summed E-state index contributed by atoms with van der Waals surface area (Å²) in [4.78, 5) is 0. The molecule has 1 rings (SSSR count). The summed E-state index contributed by atoms with van der Waals surface area (Å²) in [6.07, 6.45) is 2.07. The van der Waals surface area contributed by atoms with E-state index in [4.69, 9.17) is 0 Å². The standard InChI is InChI=1S/C13H19N/c1-11(8-9-14-3)10-13-7-5-4-6-12(13)2/h4-7,14H,1,8-10H2,2-3H3. The van der Waals surface area contributed by atoms with Crippen molar-refractivity contribution in [2.45, 2.75) is 19.8 Å². The lowest BCUT2D eigenvalue weighted by Crippen LogP contribution is -2.09. The van der Waals surface area contributed by atoms with Gasteiger partial charge in [-0.15, -0.1) is 0 Å². The van der Waals surface area contributed by atoms with Crippen molar-refractivity contribution >= 4 is 0 Å². The zero-order valence-corrected chi connectivity index (χ0v) is 9.14. The second kappa shape index (κ2) is 5.61. The molecule has 0 atom stereocenters. The van der Waals surface area contributed by atoms with E-state index in [1.807, 2.05) is 7.05 Å².